The third-order valence-corrected chi connectivity index (χ3v) is 3.06. The lowest BCUT2D eigenvalue weighted by Crippen LogP contribution is -2.01. The molecule has 0 bridgehead atoms. The highest BCUT2D eigenvalue weighted by molar-refractivity contribution is 6.31. The van der Waals surface area contributed by atoms with Crippen molar-refractivity contribution in [2.75, 3.05) is 0 Å². The first-order chi connectivity index (χ1) is 6.67. The van der Waals surface area contributed by atoms with E-state index in [1.807, 2.05) is 0 Å². The van der Waals surface area contributed by atoms with Crippen LogP contribution in [0.15, 0.2) is 18.2 Å². The summed E-state index contributed by atoms with van der Waals surface area (Å²) in [5, 5.41) is 10.1. The third-order valence-electron chi connectivity index (χ3n) is 2.69. The van der Waals surface area contributed by atoms with Crippen molar-refractivity contribution >= 4 is 11.6 Å². The van der Waals surface area contributed by atoms with Crippen molar-refractivity contribution in [3.05, 3.63) is 28.8 Å². The summed E-state index contributed by atoms with van der Waals surface area (Å²) < 4.78 is 0. The molecule has 0 aliphatic heterocycles. The van der Waals surface area contributed by atoms with Crippen LogP contribution in [0.5, 0.6) is 5.75 Å². The van der Waals surface area contributed by atoms with Crippen LogP contribution < -0.4 is 0 Å². The average molecular weight is 213 g/mol. The summed E-state index contributed by atoms with van der Waals surface area (Å²) in [6.07, 6.45) is 3.27. The largest absolute Gasteiger partial charge is 0.508 e. The van der Waals surface area contributed by atoms with Crippen LogP contribution in [0.1, 0.15) is 32.3 Å². The standard InChI is InChI=1S/C12H17ClO/c1-3-9(4-2)7-10-8-11(14)5-6-12(10)13/h5-6,8-9,14H,3-4,7H2,1-2H3. The van der Waals surface area contributed by atoms with E-state index in [-0.39, 0.29) is 0 Å². The topological polar surface area (TPSA) is 20.2 Å². The van der Waals surface area contributed by atoms with E-state index in [0.29, 0.717) is 11.7 Å². The molecule has 0 spiro atoms. The summed E-state index contributed by atoms with van der Waals surface area (Å²) in [7, 11) is 0. The Labute approximate surface area is 90.7 Å². The van der Waals surface area contributed by atoms with Crippen molar-refractivity contribution in [1.82, 2.24) is 0 Å². The Balaban J connectivity index is 2.79. The number of rotatable bonds is 4. The molecule has 0 radical (unpaired) electrons. The zero-order chi connectivity index (χ0) is 10.6. The van der Waals surface area contributed by atoms with E-state index in [4.69, 9.17) is 11.6 Å². The molecular formula is C12H17ClO. The van der Waals surface area contributed by atoms with Crippen LogP contribution in [0, 0.1) is 5.92 Å². The highest BCUT2D eigenvalue weighted by atomic mass is 35.5. The number of benzene rings is 1. The summed E-state index contributed by atoms with van der Waals surface area (Å²) in [5.74, 6) is 0.963. The molecule has 0 saturated carbocycles. The molecule has 0 aliphatic carbocycles. The van der Waals surface area contributed by atoms with E-state index >= 15 is 0 Å². The molecule has 1 rings (SSSR count). The average Bonchev–Trinajstić information content (AvgIpc) is 2.19. The number of phenolic OH excluding ortho intramolecular Hbond substituents is 1. The fourth-order valence-corrected chi connectivity index (χ4v) is 1.80. The summed E-state index contributed by atoms with van der Waals surface area (Å²) in [5.41, 5.74) is 1.06. The van der Waals surface area contributed by atoms with Gasteiger partial charge in [0.2, 0.25) is 0 Å². The molecule has 1 aromatic carbocycles. The SMILES string of the molecule is CCC(CC)Cc1cc(O)ccc1Cl. The molecule has 0 fully saturated rings. The fourth-order valence-electron chi connectivity index (χ4n) is 1.61. The smallest absolute Gasteiger partial charge is 0.115 e. The Morgan fingerprint density at radius 2 is 1.93 bits per heavy atom. The van der Waals surface area contributed by atoms with Gasteiger partial charge in [0.15, 0.2) is 0 Å². The molecule has 1 aromatic rings. The van der Waals surface area contributed by atoms with Crippen LogP contribution >= 0.6 is 11.6 Å². The molecule has 14 heavy (non-hydrogen) atoms. The second kappa shape index (κ2) is 5.26. The van der Waals surface area contributed by atoms with Crippen molar-refractivity contribution < 1.29 is 5.11 Å². The van der Waals surface area contributed by atoms with Crippen molar-refractivity contribution in [1.29, 1.82) is 0 Å². The molecule has 0 amide bonds. The van der Waals surface area contributed by atoms with Crippen molar-refractivity contribution in [3.63, 3.8) is 0 Å². The second-order valence-electron chi connectivity index (χ2n) is 3.66. The quantitative estimate of drug-likeness (QED) is 0.799. The predicted octanol–water partition coefficient (Wildman–Crippen LogP) is 4.02. The maximum Gasteiger partial charge on any atom is 0.115 e. The Bertz CT molecular complexity index is 292. The maximum atomic E-state index is 9.34. The molecule has 0 aromatic heterocycles. The first-order valence-corrected chi connectivity index (χ1v) is 5.52. The first kappa shape index (κ1) is 11.4. The summed E-state index contributed by atoms with van der Waals surface area (Å²) in [4.78, 5) is 0. The van der Waals surface area contributed by atoms with E-state index in [2.05, 4.69) is 13.8 Å². The van der Waals surface area contributed by atoms with Gasteiger partial charge in [0.1, 0.15) is 5.75 Å². The molecular weight excluding hydrogens is 196 g/mol. The van der Waals surface area contributed by atoms with Gasteiger partial charge in [-0.1, -0.05) is 38.3 Å². The van der Waals surface area contributed by atoms with Gasteiger partial charge in [-0.2, -0.15) is 0 Å². The lowest BCUT2D eigenvalue weighted by Gasteiger charge is -2.13. The summed E-state index contributed by atoms with van der Waals surface area (Å²) >= 11 is 6.04. The van der Waals surface area contributed by atoms with Gasteiger partial charge < -0.3 is 5.11 Å². The van der Waals surface area contributed by atoms with Crippen LogP contribution in [0.2, 0.25) is 5.02 Å². The van der Waals surface area contributed by atoms with Crippen LogP contribution in [-0.2, 0) is 6.42 Å². The van der Waals surface area contributed by atoms with E-state index in [1.165, 1.54) is 0 Å². The normalized spacial score (nSPS) is 10.9. The Morgan fingerprint density at radius 3 is 2.50 bits per heavy atom. The van der Waals surface area contributed by atoms with Gasteiger partial charge in [0, 0.05) is 5.02 Å². The second-order valence-corrected chi connectivity index (χ2v) is 4.07. The third kappa shape index (κ3) is 2.91. The van der Waals surface area contributed by atoms with E-state index in [0.717, 1.165) is 29.8 Å². The van der Waals surface area contributed by atoms with Crippen LogP contribution in [0.4, 0.5) is 0 Å². The van der Waals surface area contributed by atoms with Crippen molar-refractivity contribution in [2.45, 2.75) is 33.1 Å². The van der Waals surface area contributed by atoms with Crippen LogP contribution in [0.3, 0.4) is 0 Å². The van der Waals surface area contributed by atoms with Crippen molar-refractivity contribution in [2.24, 2.45) is 5.92 Å². The highest BCUT2D eigenvalue weighted by Gasteiger charge is 2.08. The Kier molecular flexibility index (Phi) is 4.27. The molecule has 78 valence electrons. The summed E-state index contributed by atoms with van der Waals surface area (Å²) in [6.45, 7) is 4.37. The first-order valence-electron chi connectivity index (χ1n) is 5.14. The monoisotopic (exact) mass is 212 g/mol. The molecule has 0 atom stereocenters. The van der Waals surface area contributed by atoms with Crippen LogP contribution in [-0.4, -0.2) is 5.11 Å². The number of hydrogen-bond donors (Lipinski definition) is 1. The van der Waals surface area contributed by atoms with E-state index in [9.17, 15) is 5.11 Å². The molecule has 1 nitrogen and oxygen atoms in total. The molecule has 2 heteroatoms. The van der Waals surface area contributed by atoms with Gasteiger partial charge in [-0.05, 0) is 36.1 Å². The van der Waals surface area contributed by atoms with E-state index < -0.39 is 0 Å². The molecule has 0 aliphatic rings. The minimum atomic E-state index is 0.301. The van der Waals surface area contributed by atoms with Crippen LogP contribution in [0.25, 0.3) is 0 Å². The minimum Gasteiger partial charge on any atom is -0.508 e. The molecule has 0 saturated heterocycles. The van der Waals surface area contributed by atoms with Gasteiger partial charge in [-0.3, -0.25) is 0 Å². The summed E-state index contributed by atoms with van der Waals surface area (Å²) in [6, 6.07) is 5.15. The predicted molar refractivity (Wildman–Crippen MR) is 60.9 cm³/mol. The van der Waals surface area contributed by atoms with Crippen molar-refractivity contribution in [3.8, 4) is 5.75 Å². The zero-order valence-corrected chi connectivity index (χ0v) is 9.51. The van der Waals surface area contributed by atoms with Gasteiger partial charge in [-0.15, -0.1) is 0 Å². The van der Waals surface area contributed by atoms with Gasteiger partial charge in [-0.25, -0.2) is 0 Å². The lowest BCUT2D eigenvalue weighted by atomic mass is 9.94. The van der Waals surface area contributed by atoms with Gasteiger partial charge in [0.05, 0.1) is 0 Å². The Morgan fingerprint density at radius 1 is 1.29 bits per heavy atom. The number of aromatic hydroxyl groups is 1. The number of halogens is 1. The minimum absolute atomic E-state index is 0.301. The van der Waals surface area contributed by atoms with Gasteiger partial charge >= 0.3 is 0 Å². The van der Waals surface area contributed by atoms with E-state index in [1.54, 1.807) is 18.2 Å². The maximum absolute atomic E-state index is 9.34. The Hall–Kier alpha value is -0.690. The zero-order valence-electron chi connectivity index (χ0n) is 8.76. The fraction of sp³-hybridized carbons (Fsp3) is 0.500. The molecule has 0 unspecified atom stereocenters. The molecule has 1 N–H and O–H groups in total. The lowest BCUT2D eigenvalue weighted by molar-refractivity contribution is 0.468. The number of hydrogen-bond acceptors (Lipinski definition) is 1. The molecule has 0 heterocycles. The highest BCUT2D eigenvalue weighted by Crippen LogP contribution is 2.25. The van der Waals surface area contributed by atoms with Gasteiger partial charge in [0.25, 0.3) is 0 Å². The number of phenols is 1.